The molecule has 1 aliphatic rings. The van der Waals surface area contributed by atoms with Gasteiger partial charge in [-0.2, -0.15) is 4.98 Å². The number of fused-ring (bicyclic) bond motifs is 1. The highest BCUT2D eigenvalue weighted by Gasteiger charge is 2.45. The van der Waals surface area contributed by atoms with Crippen LogP contribution in [-0.2, 0) is 13.8 Å². The normalized spacial score (nSPS) is 24.4. The predicted octanol–water partition coefficient (Wildman–Crippen LogP) is -0.869. The van der Waals surface area contributed by atoms with Crippen molar-refractivity contribution in [2.75, 3.05) is 12.3 Å². The number of rotatable bonds is 6. The van der Waals surface area contributed by atoms with Crippen LogP contribution in [0.15, 0.2) is 15.9 Å². The summed E-state index contributed by atoms with van der Waals surface area (Å²) in [6.07, 6.45) is -4.39. The van der Waals surface area contributed by atoms with Crippen molar-refractivity contribution >= 4 is 24.9 Å². The van der Waals surface area contributed by atoms with Crippen molar-refractivity contribution in [3.8, 4) is 5.75 Å². The Morgan fingerprint density at radius 3 is 2.59 bits per heavy atom. The molecule has 5 atom stereocenters. The molecule has 0 aliphatic carbocycles. The summed E-state index contributed by atoms with van der Waals surface area (Å²) in [5.41, 5.74) is 5.39. The number of H-pyrrole nitrogens is 2. The smallest absolute Gasteiger partial charge is 0.403 e. The highest BCUT2D eigenvalue weighted by atomic mass is 31.2. The minimum Gasteiger partial charge on any atom is -0.403 e. The number of imidazole rings is 1. The summed E-state index contributed by atoms with van der Waals surface area (Å²) in [7, 11) is -4.76. The van der Waals surface area contributed by atoms with E-state index in [0.717, 1.165) is 0 Å². The van der Waals surface area contributed by atoms with Gasteiger partial charge < -0.3 is 30.2 Å². The third-order valence-electron chi connectivity index (χ3n) is 5.56. The van der Waals surface area contributed by atoms with Crippen LogP contribution in [0.5, 0.6) is 5.75 Å². The van der Waals surface area contributed by atoms with Crippen molar-refractivity contribution in [2.45, 2.75) is 45.3 Å². The fourth-order valence-electron chi connectivity index (χ4n) is 3.58. The summed E-state index contributed by atoms with van der Waals surface area (Å²) in [6, 6.07) is 0. The number of anilines is 1. The fraction of sp³-hybridized carbons (Fsp3) is 0.444. The molecule has 0 spiro atoms. The van der Waals surface area contributed by atoms with E-state index in [1.807, 2.05) is 0 Å². The molecule has 7 N–H and O–H groups in total. The lowest BCUT2D eigenvalue weighted by Gasteiger charge is -2.19. The summed E-state index contributed by atoms with van der Waals surface area (Å²) in [6.45, 7) is 3.98. The maximum absolute atomic E-state index is 12.5. The van der Waals surface area contributed by atoms with E-state index in [4.69, 9.17) is 19.5 Å². The number of aliphatic hydroxyl groups excluding tert-OH is 2. The number of nitrogen functional groups attached to an aromatic ring is 1. The summed E-state index contributed by atoms with van der Waals surface area (Å²) < 4.78 is 29.5. The Kier molecular flexibility index (Phi) is 6.10. The van der Waals surface area contributed by atoms with Crippen LogP contribution in [-0.4, -0.2) is 64.5 Å². The molecule has 15 nitrogen and oxygen atoms in total. The van der Waals surface area contributed by atoms with Gasteiger partial charge in [-0.3, -0.25) is 28.6 Å². The number of ether oxygens (including phenoxy) is 1. The van der Waals surface area contributed by atoms with E-state index in [1.54, 1.807) is 13.8 Å². The molecule has 3 aromatic rings. The van der Waals surface area contributed by atoms with Crippen LogP contribution in [0.2, 0.25) is 0 Å². The molecule has 0 amide bonds. The van der Waals surface area contributed by atoms with E-state index in [0.29, 0.717) is 11.3 Å². The number of nitrogens with two attached hydrogens (primary N) is 1. The van der Waals surface area contributed by atoms with Crippen LogP contribution >= 0.6 is 7.82 Å². The van der Waals surface area contributed by atoms with Crippen LogP contribution < -0.4 is 21.4 Å². The Hall–Kier alpha value is -3.07. The maximum Gasteiger partial charge on any atom is 0.527 e. The van der Waals surface area contributed by atoms with Crippen molar-refractivity contribution in [1.82, 2.24) is 24.5 Å². The number of hydrogen-bond donors (Lipinski definition) is 6. The van der Waals surface area contributed by atoms with Gasteiger partial charge in [0, 0.05) is 11.3 Å². The molecule has 1 aliphatic heterocycles. The third-order valence-corrected chi connectivity index (χ3v) is 6.44. The highest BCUT2D eigenvalue weighted by Crippen LogP contribution is 2.46. The third kappa shape index (κ3) is 4.24. The zero-order chi connectivity index (χ0) is 24.9. The van der Waals surface area contributed by atoms with Crippen LogP contribution in [0.1, 0.15) is 23.0 Å². The number of nitrogens with one attached hydrogen (secondary N) is 2. The molecule has 4 rings (SSSR count). The maximum atomic E-state index is 12.5. The minimum absolute atomic E-state index is 0.00542. The number of aromatic nitrogens is 5. The van der Waals surface area contributed by atoms with E-state index in [2.05, 4.69) is 19.9 Å². The SMILES string of the molecule is Cc1[nH]c(=O)c(C)c(OP(=O)(O)OC[C@H]2O[C@@H](n3cnc4c(=O)[nH]c(N)nc43)[C@H](O)[C@@H]2O)c1C. The van der Waals surface area contributed by atoms with Gasteiger partial charge in [-0.15, -0.1) is 0 Å². The van der Waals surface area contributed by atoms with Gasteiger partial charge in [-0.05, 0) is 20.8 Å². The summed E-state index contributed by atoms with van der Waals surface area (Å²) in [4.78, 5) is 46.9. The first kappa shape index (κ1) is 24.1. The average Bonchev–Trinajstić information content (AvgIpc) is 3.30. The number of aromatic amines is 2. The zero-order valence-corrected chi connectivity index (χ0v) is 19.1. The lowest BCUT2D eigenvalue weighted by Crippen LogP contribution is -2.33. The fourth-order valence-corrected chi connectivity index (χ4v) is 4.48. The van der Waals surface area contributed by atoms with Crippen molar-refractivity contribution in [1.29, 1.82) is 0 Å². The Morgan fingerprint density at radius 1 is 1.18 bits per heavy atom. The number of phosphoric acid groups is 1. The lowest BCUT2D eigenvalue weighted by molar-refractivity contribution is -0.0501. The first-order chi connectivity index (χ1) is 15.9. The van der Waals surface area contributed by atoms with Gasteiger partial charge in [-0.25, -0.2) is 9.55 Å². The van der Waals surface area contributed by atoms with E-state index < -0.39 is 50.1 Å². The zero-order valence-electron chi connectivity index (χ0n) is 18.3. The second-order valence-corrected chi connectivity index (χ2v) is 9.21. The van der Waals surface area contributed by atoms with Crippen molar-refractivity contribution in [3.63, 3.8) is 0 Å². The van der Waals surface area contributed by atoms with Crippen LogP contribution in [0.4, 0.5) is 5.95 Å². The van der Waals surface area contributed by atoms with Gasteiger partial charge in [0.25, 0.3) is 11.1 Å². The van der Waals surface area contributed by atoms with E-state index in [-0.39, 0.29) is 28.4 Å². The number of nitrogens with zero attached hydrogens (tertiary/aromatic N) is 3. The monoisotopic (exact) mass is 498 g/mol. The van der Waals surface area contributed by atoms with Gasteiger partial charge in [0.2, 0.25) is 5.95 Å². The predicted molar refractivity (Wildman–Crippen MR) is 116 cm³/mol. The van der Waals surface area contributed by atoms with Crippen molar-refractivity contribution < 1.29 is 33.5 Å². The molecule has 1 fully saturated rings. The average molecular weight is 498 g/mol. The molecule has 0 saturated carbocycles. The van der Waals surface area contributed by atoms with Gasteiger partial charge in [0.1, 0.15) is 24.1 Å². The molecule has 184 valence electrons. The van der Waals surface area contributed by atoms with E-state index in [1.165, 1.54) is 17.8 Å². The molecule has 3 aromatic heterocycles. The quantitative estimate of drug-likeness (QED) is 0.228. The van der Waals surface area contributed by atoms with Crippen LogP contribution in [0.3, 0.4) is 0 Å². The Labute approximate surface area is 190 Å². The van der Waals surface area contributed by atoms with Gasteiger partial charge >= 0.3 is 7.82 Å². The van der Waals surface area contributed by atoms with Crippen LogP contribution in [0, 0.1) is 20.8 Å². The Bertz CT molecular complexity index is 1420. The Balaban J connectivity index is 1.51. The first-order valence-corrected chi connectivity index (χ1v) is 11.5. The standard InChI is InChI=1S/C18H23N6O9P/c1-6-8(3)21-15(27)7(2)13(6)33-34(29,30)31-4-9-11(25)12(26)17(32-9)24-5-20-10-14(24)22-18(19)23-16(10)28/h5,9,11-12,17,25-26H,4H2,1-3H3,(H,21,27)(H,29,30)(H3,19,22,23,28)/t9-,11-,12-,17-/m1/s1. The van der Waals surface area contributed by atoms with E-state index >= 15 is 0 Å². The van der Waals surface area contributed by atoms with E-state index in [9.17, 15) is 29.3 Å². The summed E-state index contributed by atoms with van der Waals surface area (Å²) in [5, 5.41) is 20.9. The van der Waals surface area contributed by atoms with Gasteiger partial charge in [0.05, 0.1) is 18.5 Å². The minimum atomic E-state index is -4.76. The second-order valence-electron chi connectivity index (χ2n) is 7.84. The molecule has 0 radical (unpaired) electrons. The molecule has 4 heterocycles. The summed E-state index contributed by atoms with van der Waals surface area (Å²) in [5.74, 6) is -0.289. The van der Waals surface area contributed by atoms with Gasteiger partial charge in [-0.1, -0.05) is 0 Å². The number of aliphatic hydroxyl groups is 2. The topological polar surface area (TPSA) is 228 Å². The lowest BCUT2D eigenvalue weighted by atomic mass is 10.1. The number of pyridine rings is 1. The molecule has 0 aromatic carbocycles. The Morgan fingerprint density at radius 2 is 1.88 bits per heavy atom. The number of aryl methyl sites for hydroxylation is 1. The van der Waals surface area contributed by atoms with Gasteiger partial charge in [0.15, 0.2) is 17.4 Å². The van der Waals surface area contributed by atoms with Crippen molar-refractivity contribution in [2.24, 2.45) is 0 Å². The molecular weight excluding hydrogens is 475 g/mol. The number of hydrogen-bond acceptors (Lipinski definition) is 11. The number of phosphoric ester groups is 1. The molecule has 34 heavy (non-hydrogen) atoms. The van der Waals surface area contributed by atoms with Crippen molar-refractivity contribution in [3.05, 3.63) is 43.9 Å². The van der Waals surface area contributed by atoms with Crippen LogP contribution in [0.25, 0.3) is 11.2 Å². The second kappa shape index (κ2) is 8.61. The largest absolute Gasteiger partial charge is 0.527 e. The summed E-state index contributed by atoms with van der Waals surface area (Å²) >= 11 is 0. The molecule has 0 bridgehead atoms. The first-order valence-electron chi connectivity index (χ1n) is 10.0. The highest BCUT2D eigenvalue weighted by molar-refractivity contribution is 7.47. The molecular formula is C18H23N6O9P. The molecule has 1 unspecified atom stereocenters. The molecule has 16 heteroatoms. The molecule has 1 saturated heterocycles.